The highest BCUT2D eigenvalue weighted by molar-refractivity contribution is 7.47. The van der Waals surface area contributed by atoms with Crippen LogP contribution in [0.4, 0.5) is 0 Å². The van der Waals surface area contributed by atoms with E-state index in [2.05, 4.69) is 30.5 Å². The fraction of sp³-hybridized carbons (Fsp3) is 0.818. The monoisotopic (exact) mass is 860 g/mol. The Labute approximate surface area is 353 Å². The molecule has 0 radical (unpaired) electrons. The molecule has 59 heavy (non-hydrogen) atoms. The molecule has 7 atom stereocenters. The topological polar surface area (TPSA) is 229 Å². The number of nitrogens with two attached hydrogens (primary N) is 1. The third-order valence-electron chi connectivity index (χ3n) is 10.6. The lowest BCUT2D eigenvalue weighted by Crippen LogP contribution is -2.34. The second-order valence-electron chi connectivity index (χ2n) is 16.0. The molecule has 15 heteroatoms. The lowest BCUT2D eigenvalue weighted by Gasteiger charge is -2.20. The van der Waals surface area contributed by atoms with Crippen LogP contribution in [0.25, 0.3) is 0 Å². The second-order valence-corrected chi connectivity index (χ2v) is 17.4. The van der Waals surface area contributed by atoms with E-state index in [9.17, 15) is 38.8 Å². The first-order valence-electron chi connectivity index (χ1n) is 22.5. The number of hydrogen-bond donors (Lipinski definition) is 5. The number of aliphatic hydroxyl groups excluding tert-OH is 2. The zero-order valence-corrected chi connectivity index (χ0v) is 37.0. The zero-order chi connectivity index (χ0) is 43.7. The molecule has 0 heterocycles. The van der Waals surface area contributed by atoms with Gasteiger partial charge in [0.05, 0.1) is 25.4 Å². The molecule has 0 spiro atoms. The molecule has 342 valence electrons. The number of rotatable bonds is 38. The van der Waals surface area contributed by atoms with E-state index >= 15 is 0 Å². The molecule has 1 saturated carbocycles. The van der Waals surface area contributed by atoms with Crippen molar-refractivity contribution in [2.24, 2.45) is 17.6 Å². The van der Waals surface area contributed by atoms with Crippen LogP contribution < -0.4 is 5.73 Å². The minimum absolute atomic E-state index is 0.0198. The average Bonchev–Trinajstić information content (AvgIpc) is 3.47. The number of carbonyl (C=O) groups excluding carboxylic acids is 3. The molecule has 1 unspecified atom stereocenters. The number of phosphoric acid groups is 1. The molecule has 0 saturated heterocycles. The number of esters is 2. The van der Waals surface area contributed by atoms with Gasteiger partial charge in [-0.3, -0.25) is 28.2 Å². The van der Waals surface area contributed by atoms with E-state index in [0.717, 1.165) is 70.6 Å². The summed E-state index contributed by atoms with van der Waals surface area (Å²) in [5, 5.41) is 29.7. The van der Waals surface area contributed by atoms with E-state index in [1.165, 1.54) is 38.5 Å². The summed E-state index contributed by atoms with van der Waals surface area (Å²) in [7, 11) is -4.78. The van der Waals surface area contributed by atoms with Crippen molar-refractivity contribution >= 4 is 31.5 Å². The normalized spacial score (nSPS) is 19.6. The van der Waals surface area contributed by atoms with Crippen molar-refractivity contribution < 1.29 is 62.5 Å². The summed E-state index contributed by atoms with van der Waals surface area (Å²) in [6.07, 6.45) is 27.2. The number of carboxylic acids is 1. The van der Waals surface area contributed by atoms with E-state index in [1.807, 2.05) is 0 Å². The van der Waals surface area contributed by atoms with Gasteiger partial charge in [-0.1, -0.05) is 128 Å². The Hall–Kier alpha value is -2.45. The summed E-state index contributed by atoms with van der Waals surface area (Å²) in [6, 6.07) is -1.56. The van der Waals surface area contributed by atoms with Gasteiger partial charge in [-0.05, 0) is 57.3 Å². The summed E-state index contributed by atoms with van der Waals surface area (Å²) >= 11 is 0. The van der Waals surface area contributed by atoms with Crippen molar-refractivity contribution in [1.29, 1.82) is 0 Å². The maximum atomic E-state index is 12.7. The number of ether oxygens (including phenoxy) is 2. The third kappa shape index (κ3) is 28.7. The standard InChI is InChI=1S/C44H78NO13P/c1-3-5-7-8-9-10-11-12-13-14-15-16-17-18-23-27-42(49)55-32-36(33-56-59(53,54)57-34-39(45)44(51)52)58-43(50)28-24-20-19-22-26-37-38(41(48)31-40(37)47)30-29-35(46)25-21-6-4-2/h12-13,29-30,35-40,46-47H,3-11,14-28,31-34,45H2,1-2H3,(H,51,52)(H,53,54)/b13-12-,30-29+/t35-,36+,37+,38+,39-,40-/m0/s1. The second kappa shape index (κ2) is 34.2. The van der Waals surface area contributed by atoms with Crippen molar-refractivity contribution in [3.8, 4) is 0 Å². The fourth-order valence-corrected chi connectivity index (χ4v) is 7.74. The van der Waals surface area contributed by atoms with Crippen molar-refractivity contribution in [3.05, 3.63) is 24.3 Å². The quantitative estimate of drug-likeness (QED) is 0.0170. The molecule has 0 aromatic rings. The fourth-order valence-electron chi connectivity index (χ4n) is 6.96. The van der Waals surface area contributed by atoms with Gasteiger partial charge in [0.2, 0.25) is 0 Å². The van der Waals surface area contributed by atoms with E-state index < -0.39 is 75.8 Å². The largest absolute Gasteiger partial charge is 0.480 e. The Bertz CT molecular complexity index is 1260. The summed E-state index contributed by atoms with van der Waals surface area (Å²) in [5.74, 6) is -3.25. The predicted octanol–water partition coefficient (Wildman–Crippen LogP) is 8.43. The first kappa shape index (κ1) is 54.6. The van der Waals surface area contributed by atoms with Gasteiger partial charge in [-0.25, -0.2) is 4.57 Å². The zero-order valence-electron chi connectivity index (χ0n) is 36.1. The van der Waals surface area contributed by atoms with Gasteiger partial charge in [0.25, 0.3) is 0 Å². The average molecular weight is 860 g/mol. The molecule has 1 aliphatic rings. The number of allylic oxidation sites excluding steroid dienone is 3. The highest BCUT2D eigenvalue weighted by Crippen LogP contribution is 2.43. The first-order valence-corrected chi connectivity index (χ1v) is 24.0. The number of hydrogen-bond acceptors (Lipinski definition) is 12. The van der Waals surface area contributed by atoms with Crippen molar-refractivity contribution in [1.82, 2.24) is 0 Å². The number of ketones is 1. The van der Waals surface area contributed by atoms with Crippen LogP contribution >= 0.6 is 7.82 Å². The smallest absolute Gasteiger partial charge is 0.472 e. The Kier molecular flexibility index (Phi) is 31.6. The maximum Gasteiger partial charge on any atom is 0.472 e. The lowest BCUT2D eigenvalue weighted by atomic mass is 9.88. The molecule has 1 fully saturated rings. The van der Waals surface area contributed by atoms with Crippen LogP contribution in [-0.2, 0) is 42.3 Å². The van der Waals surface area contributed by atoms with Gasteiger partial charge in [0.15, 0.2) is 6.10 Å². The van der Waals surface area contributed by atoms with Crippen LogP contribution in [0, 0.1) is 11.8 Å². The summed E-state index contributed by atoms with van der Waals surface area (Å²) in [6.45, 7) is 2.45. The van der Waals surface area contributed by atoms with E-state index in [4.69, 9.17) is 24.8 Å². The van der Waals surface area contributed by atoms with Crippen molar-refractivity contribution in [2.75, 3.05) is 19.8 Å². The Morgan fingerprint density at radius 3 is 1.95 bits per heavy atom. The van der Waals surface area contributed by atoms with Crippen LogP contribution in [0.1, 0.15) is 174 Å². The number of unbranched alkanes of at least 4 members (excludes halogenated alkanes) is 16. The van der Waals surface area contributed by atoms with Crippen LogP contribution in [-0.4, -0.2) is 88.1 Å². The first-order chi connectivity index (χ1) is 28.3. The highest BCUT2D eigenvalue weighted by Gasteiger charge is 2.39. The minimum atomic E-state index is -4.78. The molecule has 1 rings (SSSR count). The molecule has 6 N–H and O–H groups in total. The Morgan fingerprint density at radius 1 is 0.780 bits per heavy atom. The van der Waals surface area contributed by atoms with Gasteiger partial charge in [0.1, 0.15) is 18.4 Å². The van der Waals surface area contributed by atoms with Crippen molar-refractivity contribution in [3.63, 3.8) is 0 Å². The number of aliphatic hydroxyl groups is 2. The molecule has 0 aromatic heterocycles. The number of Topliss-reactive ketones (excluding diaryl/α,β-unsaturated/α-hetero) is 1. The number of carbonyl (C=O) groups is 4. The molecular formula is C44H78NO13P. The Balaban J connectivity index is 2.48. The summed E-state index contributed by atoms with van der Waals surface area (Å²) < 4.78 is 32.7. The molecular weight excluding hydrogens is 781 g/mol. The molecule has 0 amide bonds. The van der Waals surface area contributed by atoms with Gasteiger partial charge in [-0.15, -0.1) is 0 Å². The van der Waals surface area contributed by atoms with Gasteiger partial charge >= 0.3 is 25.7 Å². The SMILES string of the molecule is CCCCCCCC/C=C\CCCCCCCC(=O)OC[C@H](COP(=O)(O)OC[C@H](N)C(=O)O)OC(=O)CCCCCC[C@H]1[C@@H](O)CC(=O)[C@@H]1/C=C/[C@@H](O)CCCCC. The Morgan fingerprint density at radius 2 is 1.32 bits per heavy atom. The third-order valence-corrected chi connectivity index (χ3v) is 11.5. The predicted molar refractivity (Wildman–Crippen MR) is 227 cm³/mol. The highest BCUT2D eigenvalue weighted by atomic mass is 31.2. The van der Waals surface area contributed by atoms with Crippen LogP contribution in [0.2, 0.25) is 0 Å². The summed E-state index contributed by atoms with van der Waals surface area (Å²) in [4.78, 5) is 58.7. The van der Waals surface area contributed by atoms with E-state index in [1.54, 1.807) is 12.2 Å². The maximum absolute atomic E-state index is 12.7. The molecule has 1 aliphatic carbocycles. The number of phosphoric ester groups is 1. The van der Waals surface area contributed by atoms with Gasteiger partial charge in [0, 0.05) is 25.2 Å². The minimum Gasteiger partial charge on any atom is -0.480 e. The van der Waals surface area contributed by atoms with E-state index in [0.29, 0.717) is 32.1 Å². The van der Waals surface area contributed by atoms with Crippen LogP contribution in [0.3, 0.4) is 0 Å². The molecule has 0 bridgehead atoms. The summed E-state index contributed by atoms with van der Waals surface area (Å²) in [5.41, 5.74) is 5.33. The van der Waals surface area contributed by atoms with E-state index in [-0.39, 0.29) is 31.0 Å². The van der Waals surface area contributed by atoms with Crippen LogP contribution in [0.5, 0.6) is 0 Å². The lowest BCUT2D eigenvalue weighted by molar-refractivity contribution is -0.161. The van der Waals surface area contributed by atoms with Gasteiger partial charge in [-0.2, -0.15) is 0 Å². The number of aliphatic carboxylic acids is 1. The molecule has 0 aliphatic heterocycles. The van der Waals surface area contributed by atoms with Crippen LogP contribution in [0.15, 0.2) is 24.3 Å². The molecule has 0 aromatic carbocycles. The molecule has 14 nitrogen and oxygen atoms in total. The van der Waals surface area contributed by atoms with Crippen molar-refractivity contribution in [2.45, 2.75) is 199 Å². The number of carboxylic acid groups (broad SMARTS) is 1. The van der Waals surface area contributed by atoms with Gasteiger partial charge < -0.3 is 35.4 Å².